The number of hydrogen-bond acceptors (Lipinski definition) is 3. The van der Waals surface area contributed by atoms with E-state index in [1.807, 2.05) is 62.1 Å². The van der Waals surface area contributed by atoms with Crippen LogP contribution in [-0.4, -0.2) is 32.4 Å². The number of hydrogen-bond donors (Lipinski definition) is 1. The smallest absolute Gasteiger partial charge is 0.320 e. The number of nitrogens with zero attached hydrogens (tertiary/aromatic N) is 2. The molecule has 1 heterocycles. The quantitative estimate of drug-likeness (QED) is 0.543. The number of aryl methyl sites for hydroxylation is 3. The van der Waals surface area contributed by atoms with Crippen molar-refractivity contribution in [2.24, 2.45) is 0 Å². The zero-order valence-corrected chi connectivity index (χ0v) is 20.0. The van der Waals surface area contributed by atoms with Crippen molar-refractivity contribution in [1.29, 1.82) is 0 Å². The second-order valence-corrected chi connectivity index (χ2v) is 10.3. The molecule has 1 fully saturated rings. The number of rotatable bonds is 6. The van der Waals surface area contributed by atoms with Crippen molar-refractivity contribution in [1.82, 2.24) is 4.90 Å². The van der Waals surface area contributed by atoms with Crippen LogP contribution in [0.25, 0.3) is 0 Å². The van der Waals surface area contributed by atoms with E-state index in [9.17, 15) is 13.2 Å². The van der Waals surface area contributed by atoms with E-state index in [-0.39, 0.29) is 10.9 Å². The Hall–Kier alpha value is -3.32. The Kier molecular flexibility index (Phi) is 6.42. The molecule has 1 N–H and O–H groups in total. The van der Waals surface area contributed by atoms with Crippen molar-refractivity contribution in [2.75, 3.05) is 22.7 Å². The number of nitrogens with one attached hydrogen (secondary N) is 1. The van der Waals surface area contributed by atoms with Crippen LogP contribution in [0.15, 0.2) is 71.6 Å². The first-order valence-corrected chi connectivity index (χ1v) is 12.5. The number of benzene rings is 3. The Labute approximate surface area is 195 Å². The third-order valence-corrected chi connectivity index (χ3v) is 7.33. The fourth-order valence-corrected chi connectivity index (χ4v) is 5.10. The molecular formula is C26H29N3O3S. The molecule has 3 aromatic rings. The van der Waals surface area contributed by atoms with Crippen molar-refractivity contribution in [2.45, 2.75) is 38.6 Å². The van der Waals surface area contributed by atoms with Crippen LogP contribution in [0.4, 0.5) is 16.2 Å². The highest BCUT2D eigenvalue weighted by molar-refractivity contribution is 7.92. The van der Waals surface area contributed by atoms with Crippen LogP contribution in [0.5, 0.6) is 0 Å². The van der Waals surface area contributed by atoms with Gasteiger partial charge in [-0.05, 0) is 68.1 Å². The first-order chi connectivity index (χ1) is 15.7. The number of carbonyl (C=O) groups excluding carboxylic acids is 1. The van der Waals surface area contributed by atoms with Gasteiger partial charge in [-0.3, -0.25) is 9.62 Å². The SMILES string of the molecule is Cc1ccc(S(=O)(=O)Nc2cc(C)ccc2N2CCCN(Cc3ccccc3C)C2=O)cc1. The second kappa shape index (κ2) is 9.27. The number of sulfonamides is 1. The average molecular weight is 464 g/mol. The minimum absolute atomic E-state index is 0.121. The van der Waals surface area contributed by atoms with Crippen molar-refractivity contribution in [3.63, 3.8) is 0 Å². The van der Waals surface area contributed by atoms with Gasteiger partial charge in [-0.15, -0.1) is 0 Å². The predicted octanol–water partition coefficient (Wildman–Crippen LogP) is 5.24. The van der Waals surface area contributed by atoms with Gasteiger partial charge in [-0.25, -0.2) is 13.2 Å². The van der Waals surface area contributed by atoms with Gasteiger partial charge in [-0.2, -0.15) is 0 Å². The fourth-order valence-electron chi connectivity index (χ4n) is 4.03. The Balaban J connectivity index is 1.63. The summed E-state index contributed by atoms with van der Waals surface area (Å²) in [6.45, 7) is 7.58. The zero-order valence-electron chi connectivity index (χ0n) is 19.2. The molecule has 0 radical (unpaired) electrons. The Morgan fingerprint density at radius 3 is 2.30 bits per heavy atom. The van der Waals surface area contributed by atoms with Crippen molar-refractivity contribution in [3.05, 3.63) is 89.0 Å². The van der Waals surface area contributed by atoms with Crippen molar-refractivity contribution in [3.8, 4) is 0 Å². The third-order valence-electron chi connectivity index (χ3n) is 5.95. The van der Waals surface area contributed by atoms with Gasteiger partial charge in [-0.1, -0.05) is 48.0 Å². The summed E-state index contributed by atoms with van der Waals surface area (Å²) >= 11 is 0. The van der Waals surface area contributed by atoms with Gasteiger partial charge in [0.15, 0.2) is 0 Å². The predicted molar refractivity (Wildman–Crippen MR) is 132 cm³/mol. The van der Waals surface area contributed by atoms with Crippen LogP contribution < -0.4 is 9.62 Å². The summed E-state index contributed by atoms with van der Waals surface area (Å²) in [5.74, 6) is 0. The van der Waals surface area contributed by atoms with Crippen molar-refractivity contribution >= 4 is 27.4 Å². The summed E-state index contributed by atoms with van der Waals surface area (Å²) in [5.41, 5.74) is 5.11. The highest BCUT2D eigenvalue weighted by atomic mass is 32.2. The highest BCUT2D eigenvalue weighted by Crippen LogP contribution is 2.32. The first kappa shape index (κ1) is 22.9. The standard InChI is InChI=1S/C26H29N3O3S/c1-19-9-12-23(13-10-19)33(31,32)27-24-17-20(2)11-14-25(24)29-16-6-15-28(26(29)30)18-22-8-5-4-7-21(22)3/h4-5,7-14,17,27H,6,15-16,18H2,1-3H3. The molecule has 1 aliphatic heterocycles. The van der Waals surface area contributed by atoms with Gasteiger partial charge in [0, 0.05) is 19.6 Å². The summed E-state index contributed by atoms with van der Waals surface area (Å²) in [6, 6.07) is 20.1. The molecule has 0 unspecified atom stereocenters. The molecule has 0 spiro atoms. The van der Waals surface area contributed by atoms with Gasteiger partial charge in [0.1, 0.15) is 0 Å². The van der Waals surface area contributed by atoms with Gasteiger partial charge in [0.05, 0.1) is 16.3 Å². The van der Waals surface area contributed by atoms with Gasteiger partial charge in [0.25, 0.3) is 10.0 Å². The summed E-state index contributed by atoms with van der Waals surface area (Å²) in [7, 11) is -3.79. The summed E-state index contributed by atoms with van der Waals surface area (Å²) in [5, 5.41) is 0. The van der Waals surface area contributed by atoms with E-state index in [0.717, 1.165) is 28.7 Å². The van der Waals surface area contributed by atoms with Crippen LogP contribution in [-0.2, 0) is 16.6 Å². The number of amides is 2. The molecule has 172 valence electrons. The molecule has 0 aromatic heterocycles. The van der Waals surface area contributed by atoms with Crippen LogP contribution in [0.3, 0.4) is 0 Å². The Bertz CT molecular complexity index is 1270. The van der Waals surface area contributed by atoms with Gasteiger partial charge >= 0.3 is 6.03 Å². The molecule has 0 saturated carbocycles. The lowest BCUT2D eigenvalue weighted by atomic mass is 10.1. The molecule has 0 aliphatic carbocycles. The van der Waals surface area contributed by atoms with E-state index in [0.29, 0.717) is 31.0 Å². The average Bonchev–Trinajstić information content (AvgIpc) is 2.77. The maximum absolute atomic E-state index is 13.4. The third kappa shape index (κ3) is 5.03. The summed E-state index contributed by atoms with van der Waals surface area (Å²) in [4.78, 5) is 17.1. The molecule has 33 heavy (non-hydrogen) atoms. The molecular weight excluding hydrogens is 434 g/mol. The largest absolute Gasteiger partial charge is 0.324 e. The maximum Gasteiger partial charge on any atom is 0.324 e. The molecule has 4 rings (SSSR count). The molecule has 0 bridgehead atoms. The number of anilines is 2. The van der Waals surface area contributed by atoms with Gasteiger partial charge in [0.2, 0.25) is 0 Å². The summed E-state index contributed by atoms with van der Waals surface area (Å²) in [6.07, 6.45) is 0.801. The molecule has 6 nitrogen and oxygen atoms in total. The fraction of sp³-hybridized carbons (Fsp3) is 0.269. The van der Waals surface area contributed by atoms with E-state index in [4.69, 9.17) is 0 Å². The Morgan fingerprint density at radius 1 is 0.879 bits per heavy atom. The van der Waals surface area contributed by atoms with E-state index >= 15 is 0 Å². The monoisotopic (exact) mass is 463 g/mol. The van der Waals surface area contributed by atoms with Gasteiger partial charge < -0.3 is 4.90 Å². The molecule has 0 atom stereocenters. The molecule has 2 amide bonds. The molecule has 1 saturated heterocycles. The minimum Gasteiger partial charge on any atom is -0.320 e. The van der Waals surface area contributed by atoms with E-state index in [1.54, 1.807) is 35.2 Å². The number of carbonyl (C=O) groups is 1. The van der Waals surface area contributed by atoms with E-state index in [2.05, 4.69) is 4.72 Å². The first-order valence-electron chi connectivity index (χ1n) is 11.1. The lowest BCUT2D eigenvalue weighted by Crippen LogP contribution is -2.49. The lowest BCUT2D eigenvalue weighted by molar-refractivity contribution is 0.192. The minimum atomic E-state index is -3.79. The topological polar surface area (TPSA) is 69.7 Å². The van der Waals surface area contributed by atoms with Crippen LogP contribution >= 0.6 is 0 Å². The second-order valence-electron chi connectivity index (χ2n) is 8.57. The van der Waals surface area contributed by atoms with Crippen LogP contribution in [0.2, 0.25) is 0 Å². The number of urea groups is 1. The lowest BCUT2D eigenvalue weighted by Gasteiger charge is -2.36. The summed E-state index contributed by atoms with van der Waals surface area (Å²) < 4.78 is 28.8. The van der Waals surface area contributed by atoms with Crippen molar-refractivity contribution < 1.29 is 13.2 Å². The molecule has 1 aliphatic rings. The highest BCUT2D eigenvalue weighted by Gasteiger charge is 2.29. The Morgan fingerprint density at radius 2 is 1.58 bits per heavy atom. The van der Waals surface area contributed by atoms with E-state index in [1.165, 1.54) is 0 Å². The van der Waals surface area contributed by atoms with E-state index < -0.39 is 10.0 Å². The zero-order chi connectivity index (χ0) is 23.6. The maximum atomic E-state index is 13.4. The molecule has 3 aromatic carbocycles. The normalized spacial score (nSPS) is 14.5. The van der Waals surface area contributed by atoms with Crippen LogP contribution in [0, 0.1) is 20.8 Å². The molecule has 7 heteroatoms. The van der Waals surface area contributed by atoms with Crippen LogP contribution in [0.1, 0.15) is 28.7 Å².